The summed E-state index contributed by atoms with van der Waals surface area (Å²) in [4.78, 5) is 58.1. The highest BCUT2D eigenvalue weighted by molar-refractivity contribution is 7.47. The minimum absolute atomic E-state index is 0.0564. The van der Waals surface area contributed by atoms with E-state index in [0.717, 1.165) is 135 Å². The van der Waals surface area contributed by atoms with E-state index in [1.165, 1.54) is 12.8 Å². The monoisotopic (exact) mass is 1230 g/mol. The second-order valence-corrected chi connectivity index (χ2v) is 23.3. The Labute approximate surface area is 512 Å². The van der Waals surface area contributed by atoms with Gasteiger partial charge in [0.1, 0.15) is 25.4 Å². The topological polar surface area (TPSA) is 231 Å². The quantitative estimate of drug-likeness (QED) is 0.0146. The van der Waals surface area contributed by atoms with Crippen molar-refractivity contribution in [1.82, 2.24) is 0 Å². The van der Waals surface area contributed by atoms with Gasteiger partial charge in [-0.1, -0.05) is 212 Å². The van der Waals surface area contributed by atoms with Crippen LogP contribution in [0.25, 0.3) is 0 Å². The van der Waals surface area contributed by atoms with E-state index in [0.29, 0.717) is 25.7 Å². The van der Waals surface area contributed by atoms with Gasteiger partial charge in [-0.25, -0.2) is 9.13 Å². The van der Waals surface area contributed by atoms with Gasteiger partial charge >= 0.3 is 33.6 Å². The summed E-state index contributed by atoms with van der Waals surface area (Å²) in [7, 11) is -9.80. The van der Waals surface area contributed by atoms with Crippen LogP contribution in [0.1, 0.15) is 213 Å². The Bertz CT molecular complexity index is 2090. The Hall–Kier alpha value is -4.31. The third kappa shape index (κ3) is 61.1. The Balaban J connectivity index is 4.72. The molecule has 18 heteroatoms. The summed E-state index contributed by atoms with van der Waals surface area (Å²) in [6.07, 6.45) is 68.2. The minimum atomic E-state index is -4.93. The van der Waals surface area contributed by atoms with Crippen molar-refractivity contribution in [1.29, 1.82) is 0 Å². The zero-order valence-electron chi connectivity index (χ0n) is 52.0. The summed E-state index contributed by atoms with van der Waals surface area (Å²) < 4.78 is 60.6. The highest BCUT2D eigenvalue weighted by Crippen LogP contribution is 2.45. The Morgan fingerprint density at radius 3 is 1.07 bits per heavy atom. The number of phosphoric acid groups is 2. The number of allylic oxidation sites excluding steroid dienone is 22. The smallest absolute Gasteiger partial charge is 0.463 e. The molecule has 0 rings (SSSR count). The number of hydrogen-bond donors (Lipinski definition) is 4. The number of phosphoric ester groups is 2. The molecular weight excluding hydrogens is 1120 g/mol. The van der Waals surface area contributed by atoms with E-state index >= 15 is 0 Å². The van der Waals surface area contributed by atoms with Crippen molar-refractivity contribution in [3.63, 3.8) is 0 Å². The Kier molecular flexibility index (Phi) is 57.0. The lowest BCUT2D eigenvalue weighted by molar-refractivity contribution is -0.161. The largest absolute Gasteiger partial charge is 0.472 e. The predicted octanol–water partition coefficient (Wildman–Crippen LogP) is 16.9. The maximum atomic E-state index is 12.8. The number of carbonyl (C=O) groups is 3. The number of carbonyl (C=O) groups excluding carboxylic acids is 3. The Morgan fingerprint density at radius 1 is 0.341 bits per heavy atom. The molecule has 0 spiro atoms. The molecule has 16 nitrogen and oxygen atoms in total. The SMILES string of the molecule is CC/C=C\C/C=C\C/C=C\C/C=C\C/C=C\C/C=C\CCC(=O)OCC(O)COP(=O)(O)OCC(O)COP(=O)(O)OCC(COC(=O)CCCCCCCC/C=C\C/C=C\C/C=C\C/C=C\CC)OC(=O)CCCCCCC/C=C\CCCC. The molecule has 0 aliphatic rings. The molecule has 0 bridgehead atoms. The third-order valence-electron chi connectivity index (χ3n) is 12.4. The molecule has 5 atom stereocenters. The fraction of sp³-hybridized carbons (Fsp3) is 0.627. The van der Waals surface area contributed by atoms with E-state index in [4.69, 9.17) is 32.3 Å². The number of aliphatic hydroxyl groups is 2. The van der Waals surface area contributed by atoms with Crippen molar-refractivity contribution in [3.05, 3.63) is 134 Å². The van der Waals surface area contributed by atoms with Crippen molar-refractivity contribution >= 4 is 33.6 Å². The number of hydrogen-bond acceptors (Lipinski definition) is 14. The van der Waals surface area contributed by atoms with Crippen LogP contribution in [0.3, 0.4) is 0 Å². The number of ether oxygens (including phenoxy) is 3. The van der Waals surface area contributed by atoms with Gasteiger partial charge in [-0.05, 0) is 116 Å². The molecule has 5 unspecified atom stereocenters. The summed E-state index contributed by atoms with van der Waals surface area (Å²) in [6, 6.07) is 0. The van der Waals surface area contributed by atoms with Crippen molar-refractivity contribution in [2.24, 2.45) is 0 Å². The number of unbranched alkanes of at least 4 members (excludes halogenated alkanes) is 13. The molecule has 0 amide bonds. The first kappa shape index (κ1) is 80.7. The van der Waals surface area contributed by atoms with Crippen LogP contribution in [0.2, 0.25) is 0 Å². The van der Waals surface area contributed by atoms with E-state index in [9.17, 15) is 43.5 Å². The summed E-state index contributed by atoms with van der Waals surface area (Å²) in [6.45, 7) is 2.24. The van der Waals surface area contributed by atoms with Crippen LogP contribution in [0.4, 0.5) is 0 Å². The predicted molar refractivity (Wildman–Crippen MR) is 343 cm³/mol. The van der Waals surface area contributed by atoms with Gasteiger partial charge in [0.05, 0.1) is 26.4 Å². The second-order valence-electron chi connectivity index (χ2n) is 20.4. The van der Waals surface area contributed by atoms with Crippen LogP contribution < -0.4 is 0 Å². The molecule has 0 aliphatic carbocycles. The first-order chi connectivity index (χ1) is 41.2. The molecule has 0 aliphatic heterocycles. The van der Waals surface area contributed by atoms with Crippen LogP contribution in [-0.4, -0.2) is 95.9 Å². The fourth-order valence-corrected chi connectivity index (χ4v) is 9.15. The van der Waals surface area contributed by atoms with Crippen molar-refractivity contribution in [2.75, 3.05) is 39.6 Å². The number of rotatable bonds is 58. The first-order valence-electron chi connectivity index (χ1n) is 31.5. The van der Waals surface area contributed by atoms with E-state index in [-0.39, 0.29) is 19.3 Å². The maximum Gasteiger partial charge on any atom is 0.472 e. The van der Waals surface area contributed by atoms with Gasteiger partial charge in [0.2, 0.25) is 0 Å². The zero-order chi connectivity index (χ0) is 62.4. The van der Waals surface area contributed by atoms with Gasteiger partial charge in [-0.15, -0.1) is 0 Å². The molecule has 0 aromatic rings. The summed E-state index contributed by atoms with van der Waals surface area (Å²) in [5.41, 5.74) is 0. The fourth-order valence-electron chi connectivity index (χ4n) is 7.57. The lowest BCUT2D eigenvalue weighted by Crippen LogP contribution is -2.30. The standard InChI is InChI=1S/C67H110O16P2/c1-4-7-10-13-16-19-22-24-26-28-30-32-34-36-39-41-44-47-50-53-65(70)77-56-62(68)57-79-84(73,74)80-58-63(69)59-81-85(75,76)82-61-64(83-67(72)55-52-49-46-43-38-21-18-15-12-9-6-3)60-78-66(71)54-51-48-45-42-40-37-35-33-31-29-27-25-23-20-17-14-11-8-5-2/h7-8,10-11,15-20,24-27,30-33,36,39,44,47,62-64,68-69H,4-6,9,12-14,21-23,28-29,34-35,37-38,40-43,45-46,48-61H2,1-3H3,(H,73,74)(H,75,76)/b10-7-,11-8-,18-15-,19-16-,20-17-,26-24-,27-25-,32-30-,33-31-,39-36-,47-44-. The van der Waals surface area contributed by atoms with E-state index < -0.39 is 91.5 Å². The highest BCUT2D eigenvalue weighted by atomic mass is 31.2. The molecule has 0 radical (unpaired) electrons. The van der Waals surface area contributed by atoms with Crippen molar-refractivity contribution < 1.29 is 75.8 Å². The maximum absolute atomic E-state index is 12.8. The van der Waals surface area contributed by atoms with Crippen LogP contribution in [-0.2, 0) is 55.8 Å². The lowest BCUT2D eigenvalue weighted by Gasteiger charge is -2.21. The van der Waals surface area contributed by atoms with Gasteiger partial charge in [0.25, 0.3) is 0 Å². The second kappa shape index (κ2) is 60.0. The number of aliphatic hydroxyl groups excluding tert-OH is 2. The van der Waals surface area contributed by atoms with E-state index in [1.807, 2.05) is 18.2 Å². The number of esters is 3. The van der Waals surface area contributed by atoms with Crippen molar-refractivity contribution in [3.8, 4) is 0 Å². The highest BCUT2D eigenvalue weighted by Gasteiger charge is 2.29. The molecule has 0 heterocycles. The zero-order valence-corrected chi connectivity index (χ0v) is 53.8. The molecule has 0 aromatic carbocycles. The molecule has 85 heavy (non-hydrogen) atoms. The molecular formula is C67H110O16P2. The molecule has 0 saturated heterocycles. The van der Waals surface area contributed by atoms with Gasteiger partial charge in [0, 0.05) is 19.3 Å². The third-order valence-corrected chi connectivity index (χ3v) is 14.3. The van der Waals surface area contributed by atoms with Crippen LogP contribution >= 0.6 is 15.6 Å². The summed E-state index contributed by atoms with van der Waals surface area (Å²) >= 11 is 0. The molecule has 484 valence electrons. The molecule has 0 aromatic heterocycles. The summed E-state index contributed by atoms with van der Waals surface area (Å²) in [5, 5.41) is 20.5. The molecule has 0 saturated carbocycles. The minimum Gasteiger partial charge on any atom is -0.463 e. The van der Waals surface area contributed by atoms with Crippen LogP contribution in [0.15, 0.2) is 134 Å². The lowest BCUT2D eigenvalue weighted by atomic mass is 10.1. The average Bonchev–Trinajstić information content (AvgIpc) is 3.60. The Morgan fingerprint density at radius 2 is 0.647 bits per heavy atom. The molecule has 0 fully saturated rings. The molecule has 4 N–H and O–H groups in total. The van der Waals surface area contributed by atoms with Gasteiger partial charge in [0.15, 0.2) is 6.10 Å². The van der Waals surface area contributed by atoms with Gasteiger partial charge < -0.3 is 34.2 Å². The van der Waals surface area contributed by atoms with Gasteiger partial charge in [-0.3, -0.25) is 32.5 Å². The van der Waals surface area contributed by atoms with E-state index in [1.54, 1.807) is 0 Å². The summed E-state index contributed by atoms with van der Waals surface area (Å²) in [5.74, 6) is -1.70. The van der Waals surface area contributed by atoms with Crippen LogP contribution in [0.5, 0.6) is 0 Å². The van der Waals surface area contributed by atoms with Crippen molar-refractivity contribution in [2.45, 2.75) is 232 Å². The normalized spacial score (nSPS) is 15.2. The van der Waals surface area contributed by atoms with Crippen LogP contribution in [0, 0.1) is 0 Å². The van der Waals surface area contributed by atoms with Gasteiger partial charge in [-0.2, -0.15) is 0 Å². The first-order valence-corrected chi connectivity index (χ1v) is 34.5. The van der Waals surface area contributed by atoms with E-state index in [2.05, 4.69) is 136 Å². The average molecular weight is 1230 g/mol.